The number of rotatable bonds is 4. The number of benzene rings is 1. The molecule has 1 saturated heterocycles. The molecule has 1 atom stereocenters. The Labute approximate surface area is 157 Å². The van der Waals surface area contributed by atoms with Crippen molar-refractivity contribution < 1.29 is 14.7 Å². The van der Waals surface area contributed by atoms with Crippen LogP contribution < -0.4 is 0 Å². The van der Waals surface area contributed by atoms with E-state index in [2.05, 4.69) is 5.10 Å². The molecular weight excluding hydrogens is 350 g/mol. The third-order valence-corrected chi connectivity index (χ3v) is 5.82. The van der Waals surface area contributed by atoms with Gasteiger partial charge < -0.3 is 10.0 Å². The minimum Gasteiger partial charge on any atom is -0.481 e. The average Bonchev–Trinajstić information content (AvgIpc) is 2.98. The van der Waals surface area contributed by atoms with Crippen LogP contribution >= 0.6 is 11.8 Å². The van der Waals surface area contributed by atoms with E-state index < -0.39 is 5.97 Å². The van der Waals surface area contributed by atoms with Crippen molar-refractivity contribution in [2.75, 3.05) is 18.1 Å². The lowest BCUT2D eigenvalue weighted by Crippen LogP contribution is -2.47. The molecule has 1 amide bonds. The number of thioether (sulfide) groups is 1. The van der Waals surface area contributed by atoms with Crippen LogP contribution in [0.5, 0.6) is 0 Å². The summed E-state index contributed by atoms with van der Waals surface area (Å²) in [7, 11) is 0. The van der Waals surface area contributed by atoms with Crippen LogP contribution in [0.1, 0.15) is 33.6 Å². The lowest BCUT2D eigenvalue weighted by Gasteiger charge is -2.34. The second kappa shape index (κ2) is 7.53. The van der Waals surface area contributed by atoms with Crippen LogP contribution in [0.2, 0.25) is 0 Å². The molecule has 138 valence electrons. The minimum atomic E-state index is -0.877. The predicted molar refractivity (Wildman–Crippen MR) is 102 cm³/mol. The molecule has 6 nitrogen and oxygen atoms in total. The lowest BCUT2D eigenvalue weighted by atomic mass is 10.1. The third kappa shape index (κ3) is 3.62. The first-order valence-electron chi connectivity index (χ1n) is 8.61. The van der Waals surface area contributed by atoms with Crippen LogP contribution in [0, 0.1) is 20.8 Å². The molecule has 0 spiro atoms. The van der Waals surface area contributed by atoms with E-state index in [-0.39, 0.29) is 18.4 Å². The normalized spacial score (nSPS) is 17.3. The second-order valence-electron chi connectivity index (χ2n) is 6.67. The quantitative estimate of drug-likeness (QED) is 0.892. The number of carboxylic acids is 1. The molecule has 2 aromatic rings. The van der Waals surface area contributed by atoms with E-state index >= 15 is 0 Å². The largest absolute Gasteiger partial charge is 0.481 e. The number of carbonyl (C=O) groups excluding carboxylic acids is 1. The lowest BCUT2D eigenvalue weighted by molar-refractivity contribution is -0.138. The van der Waals surface area contributed by atoms with Gasteiger partial charge in [-0.1, -0.05) is 12.1 Å². The van der Waals surface area contributed by atoms with E-state index in [0.29, 0.717) is 17.9 Å². The van der Waals surface area contributed by atoms with Crippen molar-refractivity contribution in [3.05, 3.63) is 46.8 Å². The van der Waals surface area contributed by atoms with Crippen molar-refractivity contribution in [3.8, 4) is 5.69 Å². The summed E-state index contributed by atoms with van der Waals surface area (Å²) < 4.78 is 1.79. The van der Waals surface area contributed by atoms with E-state index in [9.17, 15) is 9.59 Å². The van der Waals surface area contributed by atoms with E-state index in [4.69, 9.17) is 5.11 Å². The topological polar surface area (TPSA) is 75.4 Å². The highest BCUT2D eigenvalue weighted by Gasteiger charge is 2.31. The van der Waals surface area contributed by atoms with Gasteiger partial charge in [-0.15, -0.1) is 0 Å². The molecule has 0 saturated carbocycles. The van der Waals surface area contributed by atoms with Gasteiger partial charge in [0, 0.05) is 18.1 Å². The molecule has 0 radical (unpaired) electrons. The molecular formula is C19H23N3O3S. The number of carbonyl (C=O) groups is 2. The SMILES string of the molecule is Cc1ccc(C)c(-n2ncc(C(=O)N3CCSCC3CC(=O)O)c2C)c1. The zero-order chi connectivity index (χ0) is 18.8. The number of carboxylic acid groups (broad SMARTS) is 1. The van der Waals surface area contributed by atoms with Crippen molar-refractivity contribution >= 4 is 23.6 Å². The molecule has 1 aromatic heterocycles. The number of hydrogen-bond acceptors (Lipinski definition) is 4. The summed E-state index contributed by atoms with van der Waals surface area (Å²) in [4.78, 5) is 25.9. The summed E-state index contributed by atoms with van der Waals surface area (Å²) in [5.74, 6) is 0.470. The number of hydrogen-bond donors (Lipinski definition) is 1. The van der Waals surface area contributed by atoms with E-state index in [1.807, 2.05) is 39.0 Å². The highest BCUT2D eigenvalue weighted by Crippen LogP contribution is 2.24. The van der Waals surface area contributed by atoms with Crippen LogP contribution in [0.3, 0.4) is 0 Å². The van der Waals surface area contributed by atoms with Gasteiger partial charge in [-0.3, -0.25) is 9.59 Å². The number of aliphatic carboxylic acids is 1. The summed E-state index contributed by atoms with van der Waals surface area (Å²) in [5, 5.41) is 13.6. The fourth-order valence-corrected chi connectivity index (χ4v) is 4.32. The Morgan fingerprint density at radius 2 is 2.08 bits per heavy atom. The minimum absolute atomic E-state index is 0.0249. The van der Waals surface area contributed by atoms with Crippen molar-refractivity contribution in [1.29, 1.82) is 0 Å². The Morgan fingerprint density at radius 3 is 2.81 bits per heavy atom. The van der Waals surface area contributed by atoms with Crippen molar-refractivity contribution in [3.63, 3.8) is 0 Å². The Bertz CT molecular complexity index is 847. The molecule has 1 N–H and O–H groups in total. The second-order valence-corrected chi connectivity index (χ2v) is 7.82. The first kappa shape index (κ1) is 18.5. The fourth-order valence-electron chi connectivity index (χ4n) is 3.26. The summed E-state index contributed by atoms with van der Waals surface area (Å²) in [5.41, 5.74) is 4.48. The van der Waals surface area contributed by atoms with E-state index in [1.54, 1.807) is 27.5 Å². The summed E-state index contributed by atoms with van der Waals surface area (Å²) in [6.45, 7) is 6.49. The van der Waals surface area contributed by atoms with Crippen LogP contribution in [0.25, 0.3) is 5.69 Å². The molecule has 1 aromatic carbocycles. The van der Waals surface area contributed by atoms with Crippen LogP contribution in [-0.4, -0.2) is 55.8 Å². The van der Waals surface area contributed by atoms with Crippen molar-refractivity contribution in [1.82, 2.24) is 14.7 Å². The van der Waals surface area contributed by atoms with Crippen LogP contribution in [0.15, 0.2) is 24.4 Å². The predicted octanol–water partition coefficient (Wildman–Crippen LogP) is 2.83. The van der Waals surface area contributed by atoms with Gasteiger partial charge in [0.15, 0.2) is 0 Å². The first-order chi connectivity index (χ1) is 12.4. The smallest absolute Gasteiger partial charge is 0.305 e. The third-order valence-electron chi connectivity index (χ3n) is 4.73. The molecule has 26 heavy (non-hydrogen) atoms. The number of nitrogens with zero attached hydrogens (tertiary/aromatic N) is 3. The average molecular weight is 373 g/mol. The number of aromatic nitrogens is 2. The Morgan fingerprint density at radius 1 is 1.31 bits per heavy atom. The van der Waals surface area contributed by atoms with Gasteiger partial charge >= 0.3 is 5.97 Å². The van der Waals surface area contributed by atoms with E-state index in [0.717, 1.165) is 28.3 Å². The highest BCUT2D eigenvalue weighted by atomic mass is 32.2. The van der Waals surface area contributed by atoms with Gasteiger partial charge in [-0.2, -0.15) is 16.9 Å². The highest BCUT2D eigenvalue weighted by molar-refractivity contribution is 7.99. The molecule has 7 heteroatoms. The Hall–Kier alpha value is -2.28. The standard InChI is InChI=1S/C19H23N3O3S/c1-12-4-5-13(2)17(8-12)22-14(3)16(10-20-22)19(25)21-6-7-26-11-15(21)9-18(23)24/h4-5,8,10,15H,6-7,9,11H2,1-3H3,(H,23,24). The zero-order valence-corrected chi connectivity index (χ0v) is 16.0. The maximum atomic E-state index is 13.1. The van der Waals surface area contributed by atoms with Crippen molar-refractivity contribution in [2.24, 2.45) is 0 Å². The summed E-state index contributed by atoms with van der Waals surface area (Å²) in [6, 6.07) is 5.86. The maximum Gasteiger partial charge on any atom is 0.305 e. The van der Waals surface area contributed by atoms with Crippen molar-refractivity contribution in [2.45, 2.75) is 33.2 Å². The maximum absolute atomic E-state index is 13.1. The van der Waals surface area contributed by atoms with Crippen LogP contribution in [-0.2, 0) is 4.79 Å². The van der Waals surface area contributed by atoms with Crippen LogP contribution in [0.4, 0.5) is 0 Å². The van der Waals surface area contributed by atoms with Gasteiger partial charge in [0.1, 0.15) is 0 Å². The molecule has 3 rings (SSSR count). The zero-order valence-electron chi connectivity index (χ0n) is 15.2. The van der Waals surface area contributed by atoms with Gasteiger partial charge in [0.25, 0.3) is 5.91 Å². The molecule has 1 aliphatic rings. The molecule has 0 aliphatic carbocycles. The summed E-state index contributed by atoms with van der Waals surface area (Å²) >= 11 is 1.69. The molecule has 1 aliphatic heterocycles. The molecule has 2 heterocycles. The molecule has 1 fully saturated rings. The Kier molecular flexibility index (Phi) is 5.36. The Balaban J connectivity index is 1.92. The van der Waals surface area contributed by atoms with Gasteiger partial charge in [-0.05, 0) is 38.0 Å². The number of amides is 1. The monoisotopic (exact) mass is 373 g/mol. The fraction of sp³-hybridized carbons (Fsp3) is 0.421. The number of aryl methyl sites for hydroxylation is 2. The van der Waals surface area contributed by atoms with Gasteiger partial charge in [0.2, 0.25) is 0 Å². The summed E-state index contributed by atoms with van der Waals surface area (Å²) in [6.07, 6.45) is 1.57. The molecule has 1 unspecified atom stereocenters. The first-order valence-corrected chi connectivity index (χ1v) is 9.76. The van der Waals surface area contributed by atoms with Gasteiger partial charge in [0.05, 0.1) is 35.6 Å². The van der Waals surface area contributed by atoms with Gasteiger partial charge in [-0.25, -0.2) is 4.68 Å². The molecule has 0 bridgehead atoms. The van der Waals surface area contributed by atoms with E-state index in [1.165, 1.54) is 0 Å².